The van der Waals surface area contributed by atoms with E-state index in [0.717, 1.165) is 5.56 Å². The molecular formula is C32H33ClF3N3O6. The lowest BCUT2D eigenvalue weighted by molar-refractivity contribution is -0.272. The van der Waals surface area contributed by atoms with E-state index in [1.807, 2.05) is 0 Å². The van der Waals surface area contributed by atoms with E-state index in [-0.39, 0.29) is 48.3 Å². The van der Waals surface area contributed by atoms with Gasteiger partial charge in [0.1, 0.15) is 11.9 Å². The molecule has 4 aromatic rings. The quantitative estimate of drug-likeness (QED) is 0.214. The number of aliphatic carboxylic acids is 1. The summed E-state index contributed by atoms with van der Waals surface area (Å²) in [4.78, 5) is 16.8. The second-order valence-electron chi connectivity index (χ2n) is 11.0. The third kappa shape index (κ3) is 6.98. The first-order chi connectivity index (χ1) is 21.4. The Kier molecular flexibility index (Phi) is 9.47. The molecule has 2 N–H and O–H groups in total. The van der Waals surface area contributed by atoms with Gasteiger partial charge in [-0.05, 0) is 54.3 Å². The number of halogens is 4. The highest BCUT2D eigenvalue weighted by atomic mass is 35.5. The van der Waals surface area contributed by atoms with E-state index in [4.69, 9.17) is 30.9 Å². The molecule has 3 heterocycles. The molecule has 0 aliphatic carbocycles. The number of fused-ring (bicyclic) bond motifs is 1. The number of carbonyl (C=O) groups is 1. The molecule has 2 aromatic heterocycles. The maximum Gasteiger partial charge on any atom is 0.422 e. The van der Waals surface area contributed by atoms with E-state index in [2.05, 4.69) is 4.98 Å². The van der Waals surface area contributed by atoms with E-state index >= 15 is 0 Å². The minimum Gasteiger partial charge on any atom is -0.497 e. The number of likely N-dealkylation sites (tertiary alicyclic amines) is 1. The van der Waals surface area contributed by atoms with Crippen LogP contribution in [-0.4, -0.2) is 76.8 Å². The Bertz CT molecular complexity index is 1650. The number of hydrogen-bond donors (Lipinski definition) is 2. The molecule has 1 fully saturated rings. The fourth-order valence-corrected chi connectivity index (χ4v) is 5.90. The standard InChI is InChI=1S/C32H33ClF3N3O6/c1-43-22-6-3-20(4-7-22)17-39-18-24(29-30(39)25(33)9-12-37-29)31(42,32(34,35)36)19-38-13-10-23(11-14-38)45-26-8-5-21(16-28(40)41)15-27(26)44-2/h3-9,12,15,18,23,42H,10-11,13-14,16-17,19H2,1-2H3,(H,40,41). The summed E-state index contributed by atoms with van der Waals surface area (Å²) in [6.45, 7) is -0.0299. The Morgan fingerprint density at radius 2 is 1.71 bits per heavy atom. The lowest BCUT2D eigenvalue weighted by Crippen LogP contribution is -2.53. The molecular weight excluding hydrogens is 615 g/mol. The largest absolute Gasteiger partial charge is 0.497 e. The molecule has 0 radical (unpaired) electrons. The second kappa shape index (κ2) is 13.2. The van der Waals surface area contributed by atoms with Crippen molar-refractivity contribution in [2.24, 2.45) is 0 Å². The summed E-state index contributed by atoms with van der Waals surface area (Å²) >= 11 is 6.48. The van der Waals surface area contributed by atoms with E-state index in [1.165, 1.54) is 25.6 Å². The Labute approximate surface area is 262 Å². The monoisotopic (exact) mass is 647 g/mol. The number of methoxy groups -OCH3 is 2. The predicted octanol–water partition coefficient (Wildman–Crippen LogP) is 5.68. The first-order valence-corrected chi connectivity index (χ1v) is 14.6. The van der Waals surface area contributed by atoms with Gasteiger partial charge in [0.25, 0.3) is 0 Å². The molecule has 1 unspecified atom stereocenters. The van der Waals surface area contributed by atoms with E-state index < -0.39 is 24.3 Å². The first-order valence-electron chi connectivity index (χ1n) is 14.3. The van der Waals surface area contributed by atoms with E-state index in [9.17, 15) is 23.1 Å². The van der Waals surface area contributed by atoms with E-state index in [0.29, 0.717) is 41.2 Å². The predicted molar refractivity (Wildman–Crippen MR) is 161 cm³/mol. The number of carboxylic acid groups (broad SMARTS) is 1. The van der Waals surface area contributed by atoms with Gasteiger partial charge in [0.2, 0.25) is 5.60 Å². The Morgan fingerprint density at radius 3 is 2.33 bits per heavy atom. The highest BCUT2D eigenvalue weighted by Gasteiger charge is 2.57. The number of hydrogen-bond acceptors (Lipinski definition) is 7. The molecule has 1 aliphatic rings. The van der Waals surface area contributed by atoms with Crippen molar-refractivity contribution in [2.45, 2.75) is 43.7 Å². The lowest BCUT2D eigenvalue weighted by Gasteiger charge is -2.38. The summed E-state index contributed by atoms with van der Waals surface area (Å²) in [7, 11) is 2.99. The number of rotatable bonds is 11. The average Bonchev–Trinajstić information content (AvgIpc) is 3.38. The molecule has 0 bridgehead atoms. The van der Waals surface area contributed by atoms with Gasteiger partial charge < -0.3 is 29.0 Å². The van der Waals surface area contributed by atoms with Gasteiger partial charge in [-0.25, -0.2) is 0 Å². The highest BCUT2D eigenvalue weighted by molar-refractivity contribution is 6.35. The van der Waals surface area contributed by atoms with Gasteiger partial charge in [-0.15, -0.1) is 0 Å². The number of ether oxygens (including phenoxy) is 3. The van der Waals surface area contributed by atoms with Gasteiger partial charge in [-0.2, -0.15) is 13.2 Å². The van der Waals surface area contributed by atoms with Crippen LogP contribution in [0.2, 0.25) is 5.02 Å². The molecule has 45 heavy (non-hydrogen) atoms. The molecule has 0 spiro atoms. The zero-order valence-electron chi connectivity index (χ0n) is 24.7. The minimum atomic E-state index is -5.02. The van der Waals surface area contributed by atoms with Crippen molar-refractivity contribution in [1.82, 2.24) is 14.5 Å². The van der Waals surface area contributed by atoms with Crippen LogP contribution in [0.15, 0.2) is 60.9 Å². The van der Waals surface area contributed by atoms with Crippen molar-refractivity contribution < 1.29 is 42.4 Å². The van der Waals surface area contributed by atoms with Crippen LogP contribution in [0.5, 0.6) is 17.2 Å². The van der Waals surface area contributed by atoms with Crippen molar-refractivity contribution in [2.75, 3.05) is 33.9 Å². The van der Waals surface area contributed by atoms with E-state index in [1.54, 1.807) is 59.0 Å². The average molecular weight is 648 g/mol. The molecule has 1 aliphatic heterocycles. The number of carboxylic acids is 1. The normalized spacial score (nSPS) is 16.0. The van der Waals surface area contributed by atoms with Gasteiger partial charge in [0.15, 0.2) is 11.5 Å². The van der Waals surface area contributed by atoms with Crippen LogP contribution in [0, 0.1) is 0 Å². The maximum absolute atomic E-state index is 14.8. The van der Waals surface area contributed by atoms with Crippen LogP contribution in [0.1, 0.15) is 29.5 Å². The molecule has 13 heteroatoms. The molecule has 2 aromatic carbocycles. The van der Waals surface area contributed by atoms with Crippen LogP contribution in [0.3, 0.4) is 0 Å². The molecule has 5 rings (SSSR count). The second-order valence-corrected chi connectivity index (χ2v) is 11.4. The number of pyridine rings is 1. The lowest BCUT2D eigenvalue weighted by atomic mass is 9.92. The fraction of sp³-hybridized carbons (Fsp3) is 0.375. The van der Waals surface area contributed by atoms with Crippen LogP contribution in [-0.2, 0) is 23.4 Å². The molecule has 1 atom stereocenters. The summed E-state index contributed by atoms with van der Waals surface area (Å²) in [6.07, 6.45) is -2.08. The first kappa shape index (κ1) is 32.4. The molecule has 9 nitrogen and oxygen atoms in total. The number of benzene rings is 2. The fourth-order valence-electron chi connectivity index (χ4n) is 5.65. The number of aliphatic hydroxyl groups is 1. The van der Waals surface area contributed by atoms with Crippen molar-refractivity contribution >= 4 is 28.6 Å². The summed E-state index contributed by atoms with van der Waals surface area (Å²) < 4.78 is 62.7. The number of β-amino-alcohol motifs (C(OH)–C–C–N with tert-alkyl or cyclic N) is 1. The third-order valence-electron chi connectivity index (χ3n) is 7.99. The van der Waals surface area contributed by atoms with Crippen LogP contribution in [0.4, 0.5) is 13.2 Å². The van der Waals surface area contributed by atoms with Crippen molar-refractivity contribution in [3.05, 3.63) is 82.6 Å². The Hall–Kier alpha value is -4.00. The Morgan fingerprint density at radius 1 is 1.02 bits per heavy atom. The SMILES string of the molecule is COc1ccc(Cn2cc(C(O)(CN3CCC(Oc4ccc(CC(=O)O)cc4OC)CC3)C(F)(F)F)c3nccc(Cl)c32)cc1. The van der Waals surface area contributed by atoms with Crippen LogP contribution >= 0.6 is 11.6 Å². The smallest absolute Gasteiger partial charge is 0.422 e. The number of alkyl halides is 3. The van der Waals surface area contributed by atoms with Gasteiger partial charge in [-0.3, -0.25) is 14.7 Å². The zero-order valence-corrected chi connectivity index (χ0v) is 25.4. The van der Waals surface area contributed by atoms with Crippen LogP contribution < -0.4 is 14.2 Å². The Balaban J connectivity index is 1.36. The van der Waals surface area contributed by atoms with Crippen molar-refractivity contribution in [1.29, 1.82) is 0 Å². The summed E-state index contributed by atoms with van der Waals surface area (Å²) in [5.41, 5.74) is -1.98. The van der Waals surface area contributed by atoms with Gasteiger partial charge in [-0.1, -0.05) is 29.8 Å². The molecule has 0 saturated carbocycles. The van der Waals surface area contributed by atoms with Gasteiger partial charge in [0, 0.05) is 44.1 Å². The minimum absolute atomic E-state index is 0.0208. The maximum atomic E-state index is 14.8. The summed E-state index contributed by atoms with van der Waals surface area (Å²) in [5.74, 6) is 0.465. The van der Waals surface area contributed by atoms with Crippen LogP contribution in [0.25, 0.3) is 11.0 Å². The topological polar surface area (TPSA) is 106 Å². The molecule has 1 saturated heterocycles. The van der Waals surface area contributed by atoms with Crippen molar-refractivity contribution in [3.8, 4) is 17.2 Å². The number of nitrogens with zero attached hydrogens (tertiary/aromatic N) is 3. The van der Waals surface area contributed by atoms with Crippen molar-refractivity contribution in [3.63, 3.8) is 0 Å². The summed E-state index contributed by atoms with van der Waals surface area (Å²) in [6, 6.07) is 13.5. The number of piperidine rings is 1. The molecule has 0 amide bonds. The third-order valence-corrected chi connectivity index (χ3v) is 8.30. The molecule has 240 valence electrons. The van der Waals surface area contributed by atoms with Gasteiger partial charge in [0.05, 0.1) is 36.7 Å². The zero-order chi connectivity index (χ0) is 32.4. The number of aromatic nitrogens is 2. The van der Waals surface area contributed by atoms with Gasteiger partial charge >= 0.3 is 12.1 Å². The summed E-state index contributed by atoms with van der Waals surface area (Å²) in [5, 5.41) is 20.8. The highest BCUT2D eigenvalue weighted by Crippen LogP contribution is 2.44.